The van der Waals surface area contributed by atoms with Gasteiger partial charge in [0.05, 0.1) is 17.0 Å². The zero-order valence-electron chi connectivity index (χ0n) is 20.1. The number of nitrogens with one attached hydrogen (secondary N) is 1. The van der Waals surface area contributed by atoms with Gasteiger partial charge in [-0.1, -0.05) is 52.6 Å². The molecule has 1 amide bonds. The van der Waals surface area contributed by atoms with Crippen LogP contribution in [0.1, 0.15) is 28.4 Å². The highest BCUT2D eigenvalue weighted by molar-refractivity contribution is 7.99. The third kappa shape index (κ3) is 6.87. The Hall–Kier alpha value is -2.98. The molecule has 0 saturated carbocycles. The molecule has 2 aromatic carbocycles. The minimum Gasteiger partial charge on any atom is -0.482 e. The molecule has 0 unspecified atom stereocenters. The highest BCUT2D eigenvalue weighted by atomic mass is 35.5. The predicted molar refractivity (Wildman–Crippen MR) is 147 cm³/mol. The van der Waals surface area contributed by atoms with E-state index in [2.05, 4.69) is 25.3 Å². The van der Waals surface area contributed by atoms with E-state index in [1.807, 2.05) is 45.0 Å². The van der Waals surface area contributed by atoms with Crippen molar-refractivity contribution >= 4 is 58.7 Å². The smallest absolute Gasteiger partial charge is 0.277 e. The van der Waals surface area contributed by atoms with Crippen LogP contribution in [-0.4, -0.2) is 32.6 Å². The molecule has 2 aromatic heterocycles. The fraction of sp³-hybridized carbons (Fsp3) is 0.200. The molecule has 0 atom stereocenters. The van der Waals surface area contributed by atoms with E-state index in [4.69, 9.17) is 44.0 Å². The zero-order chi connectivity index (χ0) is 26.5. The second-order valence-electron chi connectivity index (χ2n) is 8.00. The summed E-state index contributed by atoms with van der Waals surface area (Å²) >= 11 is 19.3. The third-order valence-corrected chi connectivity index (χ3v) is 7.05. The molecule has 0 aliphatic rings. The number of hydrogen-bond donors (Lipinski definition) is 1. The largest absolute Gasteiger partial charge is 0.482 e. The predicted octanol–water partition coefficient (Wildman–Crippen LogP) is 6.57. The number of hydrogen-bond acceptors (Lipinski definition) is 7. The summed E-state index contributed by atoms with van der Waals surface area (Å²) in [5, 5.41) is 13.7. The zero-order valence-corrected chi connectivity index (χ0v) is 23.2. The summed E-state index contributed by atoms with van der Waals surface area (Å²) in [5.74, 6) is 0.421. The molecule has 2 heterocycles. The van der Waals surface area contributed by atoms with E-state index in [0.717, 1.165) is 40.0 Å². The lowest BCUT2D eigenvalue weighted by Gasteiger charge is -2.11. The number of nitrogens with zero attached hydrogens (tertiary/aromatic N) is 4. The van der Waals surface area contributed by atoms with E-state index in [1.165, 1.54) is 0 Å². The minimum atomic E-state index is -0.315. The molecule has 1 N–H and O–H groups in total. The van der Waals surface area contributed by atoms with Gasteiger partial charge in [0.25, 0.3) is 17.0 Å². The van der Waals surface area contributed by atoms with Crippen LogP contribution in [0, 0.1) is 20.8 Å². The van der Waals surface area contributed by atoms with Crippen molar-refractivity contribution in [2.75, 3.05) is 5.75 Å². The number of thioether (sulfide) groups is 1. The molecule has 4 rings (SSSR count). The molecule has 0 spiro atoms. The van der Waals surface area contributed by atoms with Crippen LogP contribution < -0.4 is 10.2 Å². The topological polar surface area (TPSA) is 94.5 Å². The second-order valence-corrected chi connectivity index (χ2v) is 10.2. The van der Waals surface area contributed by atoms with Gasteiger partial charge in [-0.25, -0.2) is 5.43 Å². The quantitative estimate of drug-likeness (QED) is 0.137. The maximum Gasteiger partial charge on any atom is 0.277 e. The van der Waals surface area contributed by atoms with Crippen molar-refractivity contribution in [2.45, 2.75) is 32.6 Å². The number of benzene rings is 2. The van der Waals surface area contributed by atoms with E-state index >= 15 is 0 Å². The minimum absolute atomic E-state index is 0.0264. The lowest BCUT2D eigenvalue weighted by atomic mass is 10.2. The molecule has 0 aliphatic carbocycles. The van der Waals surface area contributed by atoms with E-state index in [-0.39, 0.29) is 29.4 Å². The van der Waals surface area contributed by atoms with Crippen LogP contribution >= 0.6 is 46.6 Å². The van der Waals surface area contributed by atoms with Crippen molar-refractivity contribution in [3.05, 3.63) is 85.9 Å². The fourth-order valence-corrected chi connectivity index (χ4v) is 4.67. The van der Waals surface area contributed by atoms with Gasteiger partial charge in [-0.05, 0) is 62.7 Å². The van der Waals surface area contributed by atoms with Crippen LogP contribution in [0.3, 0.4) is 0 Å². The number of amides is 1. The lowest BCUT2D eigenvalue weighted by molar-refractivity contribution is -0.118. The molecule has 37 heavy (non-hydrogen) atoms. The van der Waals surface area contributed by atoms with Crippen molar-refractivity contribution in [1.29, 1.82) is 0 Å². The maximum atomic E-state index is 12.2. The van der Waals surface area contributed by atoms with Crippen LogP contribution in [0.4, 0.5) is 0 Å². The first-order chi connectivity index (χ1) is 17.7. The van der Waals surface area contributed by atoms with Crippen LogP contribution in [0.2, 0.25) is 15.1 Å². The maximum absolute atomic E-state index is 12.2. The average molecular weight is 579 g/mol. The Morgan fingerprint density at radius 3 is 2.68 bits per heavy atom. The highest BCUT2D eigenvalue weighted by Crippen LogP contribution is 2.28. The van der Waals surface area contributed by atoms with Crippen molar-refractivity contribution in [3.8, 4) is 11.4 Å². The first kappa shape index (κ1) is 27.1. The monoisotopic (exact) mass is 577 g/mol. The number of aryl methyl sites for hydroxylation is 2. The van der Waals surface area contributed by atoms with E-state index < -0.39 is 0 Å². The van der Waals surface area contributed by atoms with E-state index in [9.17, 15) is 4.79 Å². The number of carbonyl (C=O) groups excluding carboxylic acids is 1. The Morgan fingerprint density at radius 2 is 1.92 bits per heavy atom. The molecule has 0 bridgehead atoms. The van der Waals surface area contributed by atoms with Crippen molar-refractivity contribution < 1.29 is 13.9 Å². The normalized spacial score (nSPS) is 11.3. The summed E-state index contributed by atoms with van der Waals surface area (Å²) in [5.41, 5.74) is 7.38. The first-order valence-corrected chi connectivity index (χ1v) is 13.1. The Balaban J connectivity index is 1.28. The molecule has 8 nitrogen and oxygen atoms in total. The average Bonchev–Trinajstić information content (AvgIpc) is 3.42. The van der Waals surface area contributed by atoms with Gasteiger partial charge in [-0.15, -0.1) is 10.2 Å². The van der Waals surface area contributed by atoms with Gasteiger partial charge in [-0.3, -0.25) is 4.79 Å². The molecular weight excluding hydrogens is 557 g/mol. The molecule has 0 aliphatic heterocycles. The summed E-state index contributed by atoms with van der Waals surface area (Å²) in [6.45, 7) is 5.98. The summed E-state index contributed by atoms with van der Waals surface area (Å²) < 4.78 is 13.2. The molecule has 12 heteroatoms. The van der Waals surface area contributed by atoms with Crippen molar-refractivity contribution in [2.24, 2.45) is 5.10 Å². The highest BCUT2D eigenvalue weighted by Gasteiger charge is 2.13. The number of hydrazone groups is 1. The molecule has 0 radical (unpaired) electrons. The van der Waals surface area contributed by atoms with Crippen molar-refractivity contribution in [3.63, 3.8) is 0 Å². The van der Waals surface area contributed by atoms with Gasteiger partial charge in [0.2, 0.25) is 0 Å². The number of carbonyl (C=O) groups is 1. The van der Waals surface area contributed by atoms with E-state index in [1.54, 1.807) is 24.4 Å². The van der Waals surface area contributed by atoms with Gasteiger partial charge in [0, 0.05) is 32.7 Å². The molecule has 4 aromatic rings. The number of rotatable bonds is 9. The number of aromatic nitrogens is 3. The first-order valence-electron chi connectivity index (χ1n) is 11.0. The van der Waals surface area contributed by atoms with E-state index in [0.29, 0.717) is 20.8 Å². The molecule has 192 valence electrons. The SMILES string of the molecule is Cc1ccc(-n2c(C)cc(/C=N\NC(=O)CSc3nnc(COc4ccc(Cl)cc4Cl)o3)c2C)cc1Cl. The van der Waals surface area contributed by atoms with Gasteiger partial charge < -0.3 is 13.7 Å². The number of halogens is 3. The Kier molecular flexibility index (Phi) is 8.81. The molecule has 0 fully saturated rings. The standard InChI is InChI=1S/C25H22Cl3N5O3S/c1-14-4-6-19(10-20(14)27)33-15(2)8-17(16(33)3)11-29-30-23(34)13-37-25-32-31-24(36-25)12-35-22-7-5-18(26)9-21(22)28/h4-11H,12-13H2,1-3H3,(H,30,34)/b29-11-. The van der Waals surface area contributed by atoms with Gasteiger partial charge in [-0.2, -0.15) is 5.10 Å². The van der Waals surface area contributed by atoms with Gasteiger partial charge >= 0.3 is 0 Å². The third-order valence-electron chi connectivity index (χ3n) is 5.30. The summed E-state index contributed by atoms with van der Waals surface area (Å²) in [4.78, 5) is 12.2. The molecule has 0 saturated heterocycles. The molecular formula is C25H22Cl3N5O3S. The van der Waals surface area contributed by atoms with Crippen LogP contribution in [0.15, 0.2) is 57.2 Å². The Bertz CT molecular complexity index is 1470. The van der Waals surface area contributed by atoms with Gasteiger partial charge in [0.15, 0.2) is 6.61 Å². The van der Waals surface area contributed by atoms with Crippen molar-refractivity contribution in [1.82, 2.24) is 20.2 Å². The van der Waals surface area contributed by atoms with Crippen LogP contribution in [0.25, 0.3) is 5.69 Å². The Morgan fingerprint density at radius 1 is 1.11 bits per heavy atom. The Labute approximate surface area is 233 Å². The van der Waals surface area contributed by atoms with Crippen LogP contribution in [-0.2, 0) is 11.4 Å². The number of ether oxygens (including phenoxy) is 1. The summed E-state index contributed by atoms with van der Waals surface area (Å²) in [6, 6.07) is 12.8. The fourth-order valence-electron chi connectivity index (χ4n) is 3.46. The van der Waals surface area contributed by atoms with Crippen LogP contribution in [0.5, 0.6) is 5.75 Å². The lowest BCUT2D eigenvalue weighted by Crippen LogP contribution is -2.19. The van der Waals surface area contributed by atoms with Gasteiger partial charge in [0.1, 0.15) is 5.75 Å². The summed E-state index contributed by atoms with van der Waals surface area (Å²) in [7, 11) is 0. The summed E-state index contributed by atoms with van der Waals surface area (Å²) in [6.07, 6.45) is 1.61. The second kappa shape index (κ2) is 12.0.